The molecule has 0 heterocycles. The van der Waals surface area contributed by atoms with Crippen molar-refractivity contribution in [2.45, 2.75) is 0 Å². The minimum absolute atomic E-state index is 0.385. The summed E-state index contributed by atoms with van der Waals surface area (Å²) >= 11 is 0.404. The van der Waals surface area contributed by atoms with Gasteiger partial charge in [-0.2, -0.15) is 0 Å². The number of nitrogens with one attached hydrogen (secondary N) is 1. The second kappa shape index (κ2) is 4.09. The van der Waals surface area contributed by atoms with E-state index in [-0.39, 0.29) is 0 Å². The summed E-state index contributed by atoms with van der Waals surface area (Å²) in [4.78, 5) is 16.4. The first-order valence-electron chi connectivity index (χ1n) is 2.14. The summed E-state index contributed by atoms with van der Waals surface area (Å²) in [5.74, 6) is 0. The maximum Gasteiger partial charge on any atom is 0.398 e. The van der Waals surface area contributed by atoms with Gasteiger partial charge in [-0.05, 0) is 0 Å². The molecule has 0 saturated carbocycles. The third-order valence-corrected chi connectivity index (χ3v) is 2.05. The first-order valence-corrected chi connectivity index (χ1v) is 5.17. The Kier molecular flexibility index (Phi) is 4.18. The van der Waals surface area contributed by atoms with Crippen LogP contribution in [-0.2, 0) is 4.57 Å². The Hall–Kier alpha value is 0.200. The van der Waals surface area contributed by atoms with Gasteiger partial charge in [0.05, 0.1) is 0 Å². The van der Waals surface area contributed by atoms with Crippen LogP contribution in [-0.4, -0.2) is 16.3 Å². The van der Waals surface area contributed by atoms with Gasteiger partial charge in [0.2, 0.25) is 0 Å². The molecule has 0 atom stereocenters. The van der Waals surface area contributed by atoms with E-state index in [2.05, 4.69) is 11.3 Å². The van der Waals surface area contributed by atoms with Crippen LogP contribution in [0.4, 0.5) is 0 Å². The standard InChI is InChI=1S/C3H8NO3PS/c1-2-3-4-9-8(5,6)7/h2,4H,1,3H2,(H2,5,6,7). The monoisotopic (exact) mass is 169 g/mol. The van der Waals surface area contributed by atoms with Crippen LogP contribution in [0.25, 0.3) is 0 Å². The van der Waals surface area contributed by atoms with E-state index >= 15 is 0 Å². The average molecular weight is 169 g/mol. The first-order chi connectivity index (χ1) is 4.06. The van der Waals surface area contributed by atoms with E-state index in [0.29, 0.717) is 18.1 Å². The number of hydrogen-bond acceptors (Lipinski definition) is 3. The van der Waals surface area contributed by atoms with Crippen LogP contribution in [0.3, 0.4) is 0 Å². The molecule has 0 radical (unpaired) electrons. The molecule has 0 spiro atoms. The van der Waals surface area contributed by atoms with Crippen molar-refractivity contribution in [3.63, 3.8) is 0 Å². The van der Waals surface area contributed by atoms with Gasteiger partial charge in [-0.1, -0.05) is 6.08 Å². The summed E-state index contributed by atoms with van der Waals surface area (Å²) in [6.07, 6.45) is 1.52. The van der Waals surface area contributed by atoms with E-state index in [1.807, 2.05) is 0 Å². The zero-order chi connectivity index (χ0) is 7.33. The molecule has 0 fully saturated rings. The molecule has 0 aromatic heterocycles. The molecule has 0 aliphatic heterocycles. The van der Waals surface area contributed by atoms with Crippen molar-refractivity contribution in [1.82, 2.24) is 4.72 Å². The second-order valence-electron chi connectivity index (χ2n) is 1.22. The van der Waals surface area contributed by atoms with Gasteiger partial charge < -0.3 is 9.79 Å². The van der Waals surface area contributed by atoms with Gasteiger partial charge in [0, 0.05) is 18.1 Å². The smallest absolute Gasteiger partial charge is 0.316 e. The van der Waals surface area contributed by atoms with Crippen LogP contribution in [0, 0.1) is 0 Å². The first kappa shape index (κ1) is 9.20. The Morgan fingerprint density at radius 3 is 2.67 bits per heavy atom. The summed E-state index contributed by atoms with van der Waals surface area (Å²) in [7, 11) is 0. The minimum Gasteiger partial charge on any atom is -0.316 e. The lowest BCUT2D eigenvalue weighted by molar-refractivity contribution is 0.396. The van der Waals surface area contributed by atoms with Crippen LogP contribution in [0.5, 0.6) is 0 Å². The second-order valence-corrected chi connectivity index (χ2v) is 4.65. The summed E-state index contributed by atoms with van der Waals surface area (Å²) in [5.41, 5.74) is 0. The van der Waals surface area contributed by atoms with Gasteiger partial charge in [0.15, 0.2) is 0 Å². The third kappa shape index (κ3) is 8.20. The van der Waals surface area contributed by atoms with Crippen molar-refractivity contribution >= 4 is 18.4 Å². The quantitative estimate of drug-likeness (QED) is 0.247. The van der Waals surface area contributed by atoms with E-state index < -0.39 is 6.80 Å². The Morgan fingerprint density at radius 1 is 1.78 bits per heavy atom. The van der Waals surface area contributed by atoms with Crippen LogP contribution in [0.2, 0.25) is 0 Å². The molecule has 9 heavy (non-hydrogen) atoms. The van der Waals surface area contributed by atoms with Gasteiger partial charge in [-0.15, -0.1) is 6.58 Å². The SMILES string of the molecule is C=CCNSP(=O)(O)O. The number of hydrogen-bond donors (Lipinski definition) is 3. The summed E-state index contributed by atoms with van der Waals surface area (Å²) < 4.78 is 12.5. The molecule has 0 aliphatic carbocycles. The zero-order valence-corrected chi connectivity index (χ0v) is 6.36. The summed E-state index contributed by atoms with van der Waals surface area (Å²) in [5, 5.41) is 0. The van der Waals surface area contributed by atoms with Crippen molar-refractivity contribution in [3.8, 4) is 0 Å². The van der Waals surface area contributed by atoms with Gasteiger partial charge in [0.25, 0.3) is 0 Å². The van der Waals surface area contributed by atoms with Crippen LogP contribution in [0.15, 0.2) is 12.7 Å². The topological polar surface area (TPSA) is 69.6 Å². The maximum absolute atomic E-state index is 10.1. The molecule has 0 unspecified atom stereocenters. The van der Waals surface area contributed by atoms with Crippen LogP contribution in [0.1, 0.15) is 0 Å². The molecular formula is C3H8NO3PS. The molecule has 0 aromatic carbocycles. The predicted octanol–water partition coefficient (Wildman–Crippen LogP) is 0.503. The molecule has 0 saturated heterocycles. The van der Waals surface area contributed by atoms with Gasteiger partial charge in [0.1, 0.15) is 0 Å². The number of rotatable bonds is 4. The molecule has 0 amide bonds. The molecule has 4 nitrogen and oxygen atoms in total. The van der Waals surface area contributed by atoms with E-state index in [4.69, 9.17) is 9.79 Å². The van der Waals surface area contributed by atoms with Crippen LogP contribution < -0.4 is 4.72 Å². The molecule has 6 heteroatoms. The Morgan fingerprint density at radius 2 is 2.33 bits per heavy atom. The van der Waals surface area contributed by atoms with Gasteiger partial charge >= 0.3 is 6.80 Å². The highest BCUT2D eigenvalue weighted by atomic mass is 32.7. The lowest BCUT2D eigenvalue weighted by Crippen LogP contribution is -2.00. The fraction of sp³-hybridized carbons (Fsp3) is 0.333. The summed E-state index contributed by atoms with van der Waals surface area (Å²) in [6, 6.07) is 0. The lowest BCUT2D eigenvalue weighted by Gasteiger charge is -2.00. The maximum atomic E-state index is 10.1. The third-order valence-electron chi connectivity index (χ3n) is 0.411. The highest BCUT2D eigenvalue weighted by Gasteiger charge is 2.11. The Balaban J connectivity index is 3.28. The van der Waals surface area contributed by atoms with Gasteiger partial charge in [-0.25, -0.2) is 4.57 Å². The normalized spacial score (nSPS) is 11.3. The van der Waals surface area contributed by atoms with Gasteiger partial charge in [-0.3, -0.25) is 4.72 Å². The predicted molar refractivity (Wildman–Crippen MR) is 37.8 cm³/mol. The van der Waals surface area contributed by atoms with E-state index in [9.17, 15) is 4.57 Å². The van der Waals surface area contributed by atoms with E-state index in [1.165, 1.54) is 6.08 Å². The molecule has 0 aromatic rings. The Bertz CT molecular complexity index is 133. The Labute approximate surface area is 57.4 Å². The lowest BCUT2D eigenvalue weighted by atomic mass is 10.7. The molecule has 0 bridgehead atoms. The van der Waals surface area contributed by atoms with Crippen molar-refractivity contribution in [3.05, 3.63) is 12.7 Å². The zero-order valence-electron chi connectivity index (χ0n) is 4.65. The molecular weight excluding hydrogens is 161 g/mol. The highest BCUT2D eigenvalue weighted by Crippen LogP contribution is 2.47. The van der Waals surface area contributed by atoms with Crippen LogP contribution >= 0.6 is 18.4 Å². The van der Waals surface area contributed by atoms with Crippen molar-refractivity contribution in [2.75, 3.05) is 6.54 Å². The average Bonchev–Trinajstić information content (AvgIpc) is 1.63. The highest BCUT2D eigenvalue weighted by molar-refractivity contribution is 8.53. The molecule has 0 aliphatic rings. The largest absolute Gasteiger partial charge is 0.398 e. The van der Waals surface area contributed by atoms with E-state index in [1.54, 1.807) is 0 Å². The van der Waals surface area contributed by atoms with Crippen molar-refractivity contribution < 1.29 is 14.4 Å². The molecule has 0 rings (SSSR count). The van der Waals surface area contributed by atoms with Crippen molar-refractivity contribution in [1.29, 1.82) is 0 Å². The fourth-order valence-electron chi connectivity index (χ4n) is 0.180. The molecule has 3 N–H and O–H groups in total. The van der Waals surface area contributed by atoms with Crippen molar-refractivity contribution in [2.24, 2.45) is 0 Å². The molecule has 54 valence electrons. The minimum atomic E-state index is -3.94. The summed E-state index contributed by atoms with van der Waals surface area (Å²) in [6.45, 7) is -0.201. The fourth-order valence-corrected chi connectivity index (χ4v) is 1.27. The van der Waals surface area contributed by atoms with E-state index in [0.717, 1.165) is 0 Å².